The Bertz CT molecular complexity index is 1800. The molecule has 0 saturated heterocycles. The first kappa shape index (κ1) is 29.8. The molecule has 3 aliphatic rings. The van der Waals surface area contributed by atoms with Crippen LogP contribution in [-0.2, 0) is 35.4 Å². The van der Waals surface area contributed by atoms with Gasteiger partial charge in [0.1, 0.15) is 11.6 Å². The van der Waals surface area contributed by atoms with Crippen molar-refractivity contribution in [3.8, 4) is 0 Å². The Morgan fingerprint density at radius 1 is 0.800 bits per heavy atom. The number of unbranched alkanes of at least 4 members (excludes halogenated alkanes) is 2. The molecular weight excluding hydrogens is 551 g/mol. The van der Waals surface area contributed by atoms with E-state index in [-0.39, 0.29) is 24.0 Å². The van der Waals surface area contributed by atoms with E-state index < -0.39 is 5.41 Å². The molecule has 1 heterocycles. The molecule has 1 fully saturated rings. The SMILES string of the molecule is CCCCCc1c(C)c2c(c(C)c1B1Nc3cccc4cccc(c34)N1Cc1ccccc1)CC1(C2)C(=O)CC(C)(C)CC1=O. The molecule has 45 heavy (non-hydrogen) atoms. The first-order valence-corrected chi connectivity index (χ1v) is 16.9. The van der Waals surface area contributed by atoms with Crippen molar-refractivity contribution in [2.75, 3.05) is 10.0 Å². The fourth-order valence-electron chi connectivity index (χ4n) is 8.66. The standard InChI is InChI=1S/C40H45BN2O2/c1-6-7-9-18-30-26(2)31-21-40(35(44)23-39(4,5)24-36(40)45)22-32(31)27(3)38(30)41-42-33-19-12-16-29-17-13-20-34(37(29)33)43(41)25-28-14-10-8-11-15-28/h8,10-17,19-20,42H,6-7,9,18,21-25H2,1-5H3. The summed E-state index contributed by atoms with van der Waals surface area (Å²) >= 11 is 0. The van der Waals surface area contributed by atoms with Crippen LogP contribution in [0.3, 0.4) is 0 Å². The Morgan fingerprint density at radius 3 is 2.16 bits per heavy atom. The predicted molar refractivity (Wildman–Crippen MR) is 188 cm³/mol. The van der Waals surface area contributed by atoms with Gasteiger partial charge in [0.15, 0.2) is 0 Å². The van der Waals surface area contributed by atoms with Gasteiger partial charge in [-0.2, -0.15) is 0 Å². The molecule has 4 aromatic carbocycles. The predicted octanol–water partition coefficient (Wildman–Crippen LogP) is 8.06. The number of hydrogen-bond donors (Lipinski definition) is 1. The van der Waals surface area contributed by atoms with E-state index in [2.05, 4.69) is 111 Å². The fraction of sp³-hybridized carbons (Fsp3) is 0.400. The summed E-state index contributed by atoms with van der Waals surface area (Å²) in [7, 11) is 0. The summed E-state index contributed by atoms with van der Waals surface area (Å²) in [5.74, 6) is 0.296. The van der Waals surface area contributed by atoms with Crippen LogP contribution < -0.4 is 15.5 Å². The number of fused-ring (bicyclic) bond motifs is 1. The number of ketones is 2. The summed E-state index contributed by atoms with van der Waals surface area (Å²) < 4.78 is 0. The number of hydrogen-bond acceptors (Lipinski definition) is 4. The van der Waals surface area contributed by atoms with Gasteiger partial charge in [0.05, 0.1) is 5.41 Å². The van der Waals surface area contributed by atoms with E-state index >= 15 is 0 Å². The first-order valence-electron chi connectivity index (χ1n) is 16.9. The molecule has 0 unspecified atom stereocenters. The minimum atomic E-state index is -0.894. The van der Waals surface area contributed by atoms with Crippen LogP contribution in [0.2, 0.25) is 0 Å². The van der Waals surface area contributed by atoms with Crippen molar-refractivity contribution in [2.24, 2.45) is 10.8 Å². The molecule has 0 bridgehead atoms. The van der Waals surface area contributed by atoms with E-state index in [1.807, 2.05) is 0 Å². The highest BCUT2D eigenvalue weighted by Gasteiger charge is 2.55. The lowest BCUT2D eigenvalue weighted by molar-refractivity contribution is -0.147. The third-order valence-electron chi connectivity index (χ3n) is 11.0. The summed E-state index contributed by atoms with van der Waals surface area (Å²) in [5, 5.41) is 6.52. The van der Waals surface area contributed by atoms with Gasteiger partial charge >= 0.3 is 6.98 Å². The molecule has 230 valence electrons. The molecule has 0 amide bonds. The van der Waals surface area contributed by atoms with Gasteiger partial charge in [-0.3, -0.25) is 9.59 Å². The molecule has 1 N–H and O–H groups in total. The number of carbonyl (C=O) groups excluding carboxylic acids is 2. The Balaban J connectivity index is 1.41. The van der Waals surface area contributed by atoms with E-state index in [1.54, 1.807) is 0 Å². The molecule has 4 nitrogen and oxygen atoms in total. The van der Waals surface area contributed by atoms with Crippen molar-refractivity contribution in [1.82, 2.24) is 0 Å². The molecule has 0 atom stereocenters. The zero-order valence-corrected chi connectivity index (χ0v) is 27.6. The minimum Gasteiger partial charge on any atom is -0.405 e. The van der Waals surface area contributed by atoms with E-state index in [9.17, 15) is 9.59 Å². The number of nitrogens with zero attached hydrogens (tertiary/aromatic N) is 1. The van der Waals surface area contributed by atoms with Crippen LogP contribution in [0.5, 0.6) is 0 Å². The van der Waals surface area contributed by atoms with E-state index in [0.29, 0.717) is 25.7 Å². The Labute approximate surface area is 268 Å². The summed E-state index contributed by atoms with van der Waals surface area (Å²) in [6.07, 6.45) is 6.54. The monoisotopic (exact) mass is 596 g/mol. The Morgan fingerprint density at radius 2 is 1.47 bits per heavy atom. The van der Waals surface area contributed by atoms with Crippen LogP contribution in [0.25, 0.3) is 10.8 Å². The van der Waals surface area contributed by atoms with Crippen LogP contribution in [0, 0.1) is 24.7 Å². The summed E-state index contributed by atoms with van der Waals surface area (Å²) in [6.45, 7) is 11.6. The number of nitrogens with one attached hydrogen (secondary N) is 1. The number of rotatable bonds is 7. The zero-order valence-electron chi connectivity index (χ0n) is 27.6. The first-order chi connectivity index (χ1) is 21.6. The minimum absolute atomic E-state index is 0.0837. The van der Waals surface area contributed by atoms with E-state index in [4.69, 9.17) is 0 Å². The highest BCUT2D eigenvalue weighted by molar-refractivity contribution is 6.81. The van der Waals surface area contributed by atoms with Crippen molar-refractivity contribution < 1.29 is 9.59 Å². The topological polar surface area (TPSA) is 49.4 Å². The highest BCUT2D eigenvalue weighted by atomic mass is 16.2. The maximum Gasteiger partial charge on any atom is 0.409 e. The molecule has 0 aromatic heterocycles. The second kappa shape index (κ2) is 11.2. The van der Waals surface area contributed by atoms with Gasteiger partial charge in [-0.1, -0.05) is 88.2 Å². The molecule has 0 radical (unpaired) electrons. The Kier molecular flexibility index (Phi) is 7.42. The molecular formula is C40H45BN2O2. The highest BCUT2D eigenvalue weighted by Crippen LogP contribution is 2.50. The molecule has 5 heteroatoms. The second-order valence-corrected chi connectivity index (χ2v) is 14.7. The number of Topliss-reactive ketones (excluding diaryl/α,β-unsaturated/α-hetero) is 2. The quantitative estimate of drug-likeness (QED) is 0.133. The molecule has 1 aliphatic heterocycles. The number of anilines is 2. The van der Waals surface area contributed by atoms with Crippen LogP contribution in [0.15, 0.2) is 66.7 Å². The van der Waals surface area contributed by atoms with Gasteiger partial charge in [0.2, 0.25) is 0 Å². The van der Waals surface area contributed by atoms with Crippen molar-refractivity contribution >= 4 is 46.2 Å². The number of benzene rings is 4. The molecule has 1 saturated carbocycles. The molecule has 1 spiro atoms. The van der Waals surface area contributed by atoms with Crippen molar-refractivity contribution in [2.45, 2.75) is 92.5 Å². The maximum absolute atomic E-state index is 13.9. The fourth-order valence-corrected chi connectivity index (χ4v) is 8.66. The summed E-state index contributed by atoms with van der Waals surface area (Å²) in [5.41, 5.74) is 10.3. The Hall–Kier alpha value is -3.86. The van der Waals surface area contributed by atoms with Crippen LogP contribution in [0.4, 0.5) is 11.4 Å². The van der Waals surface area contributed by atoms with Crippen LogP contribution in [-0.4, -0.2) is 18.5 Å². The van der Waals surface area contributed by atoms with Gasteiger partial charge in [-0.15, -0.1) is 0 Å². The lowest BCUT2D eigenvalue weighted by atomic mass is 9.58. The van der Waals surface area contributed by atoms with Crippen LogP contribution >= 0.6 is 0 Å². The average molecular weight is 597 g/mol. The van der Waals surface area contributed by atoms with Gasteiger partial charge in [0.25, 0.3) is 0 Å². The third kappa shape index (κ3) is 4.90. The zero-order chi connectivity index (χ0) is 31.5. The van der Waals surface area contributed by atoms with E-state index in [0.717, 1.165) is 31.5 Å². The van der Waals surface area contributed by atoms with Crippen molar-refractivity contribution in [3.05, 3.63) is 100 Å². The van der Waals surface area contributed by atoms with Crippen LogP contribution in [0.1, 0.15) is 86.3 Å². The summed E-state index contributed by atoms with van der Waals surface area (Å²) in [6, 6.07) is 24.0. The van der Waals surface area contributed by atoms with Gasteiger partial charge in [-0.25, -0.2) is 0 Å². The third-order valence-corrected chi connectivity index (χ3v) is 11.0. The number of carbonyl (C=O) groups is 2. The smallest absolute Gasteiger partial charge is 0.405 e. The van der Waals surface area contributed by atoms with Gasteiger partial charge in [0, 0.05) is 36.1 Å². The second-order valence-electron chi connectivity index (χ2n) is 14.7. The average Bonchev–Trinajstić information content (AvgIpc) is 3.44. The molecule has 7 rings (SSSR count). The lowest BCUT2D eigenvalue weighted by Crippen LogP contribution is -2.58. The molecule has 2 aliphatic carbocycles. The maximum atomic E-state index is 13.9. The lowest BCUT2D eigenvalue weighted by Gasteiger charge is -2.40. The molecule has 4 aromatic rings. The van der Waals surface area contributed by atoms with E-state index in [1.165, 1.54) is 61.7 Å². The normalized spacial score (nSPS) is 18.1. The largest absolute Gasteiger partial charge is 0.409 e. The van der Waals surface area contributed by atoms with Gasteiger partial charge in [-0.05, 0) is 101 Å². The van der Waals surface area contributed by atoms with Gasteiger partial charge < -0.3 is 10.0 Å². The summed E-state index contributed by atoms with van der Waals surface area (Å²) in [4.78, 5) is 30.3. The van der Waals surface area contributed by atoms with Crippen molar-refractivity contribution in [3.63, 3.8) is 0 Å². The van der Waals surface area contributed by atoms with Crippen molar-refractivity contribution in [1.29, 1.82) is 0 Å².